The minimum absolute atomic E-state index is 0. The quantitative estimate of drug-likeness (QED) is 0.333. The molecule has 0 aromatic carbocycles. The first-order valence-electron chi connectivity index (χ1n) is 0.894. The van der Waals surface area contributed by atoms with Gasteiger partial charge >= 0.3 is 117 Å². The van der Waals surface area contributed by atoms with Gasteiger partial charge in [-0.25, -0.2) is 0 Å². The van der Waals surface area contributed by atoms with E-state index in [2.05, 4.69) is 0 Å². The molecule has 56 valence electrons. The molecule has 0 bridgehead atoms. The fourth-order valence-corrected chi connectivity index (χ4v) is 0. The van der Waals surface area contributed by atoms with Crippen LogP contribution in [0.3, 0.4) is 0 Å². The first-order chi connectivity index (χ1) is 2.00. The van der Waals surface area contributed by atoms with Gasteiger partial charge in [-0.1, -0.05) is 0 Å². The Balaban J connectivity index is -0.00000000533. The van der Waals surface area contributed by atoms with Crippen molar-refractivity contribution < 1.29 is 71.8 Å². The molecule has 0 saturated carbocycles. The largest absolute Gasteiger partial charge is 0 e. The maximum atomic E-state index is 7.33. The van der Waals surface area contributed by atoms with Crippen LogP contribution in [0.25, 0.3) is 0 Å². The molecule has 11 heavy (non-hydrogen) atoms. The van der Waals surface area contributed by atoms with Gasteiger partial charge in [0, 0.05) is 47.9 Å². The van der Waals surface area contributed by atoms with E-state index < -0.39 is 9.05 Å². The smallest absolute Gasteiger partial charge is 0 e. The zero-order chi connectivity index (χ0) is 4.50. The third-order valence-electron chi connectivity index (χ3n) is 0. The molecule has 0 fully saturated rings. The first kappa shape index (κ1) is 44.4. The summed E-state index contributed by atoms with van der Waals surface area (Å²) in [4.78, 5) is 29.3. The summed E-state index contributed by atoms with van der Waals surface area (Å²) >= 11 is 0. The Kier molecular flexibility index (Phi) is 98.2. The van der Waals surface area contributed by atoms with Crippen LogP contribution >= 0.6 is 0 Å². The minimum atomic E-state index is -4.61. The van der Waals surface area contributed by atoms with E-state index in [9.17, 15) is 0 Å². The van der Waals surface area contributed by atoms with Gasteiger partial charge in [-0.15, -0.1) is 0 Å². The average molecular weight is 345 g/mol. The number of rotatable bonds is 0. The molecule has 11 heteroatoms. The second-order valence-corrected chi connectivity index (χ2v) is 1.80. The summed E-state index contributed by atoms with van der Waals surface area (Å²) in [5.74, 6) is 0. The van der Waals surface area contributed by atoms with Gasteiger partial charge in [-0.05, 0) is 0 Å². The van der Waals surface area contributed by atoms with Gasteiger partial charge in [0.25, 0.3) is 0 Å². The molecule has 0 saturated heterocycles. The summed E-state index contributed by atoms with van der Waals surface area (Å²) in [5.41, 5.74) is 0. The van der Waals surface area contributed by atoms with E-state index in [-0.39, 0.29) is 161 Å². The predicted octanol–water partition coefficient (Wildman–Crippen LogP) is -4.67. The van der Waals surface area contributed by atoms with E-state index in [0.717, 1.165) is 0 Å². The molecule has 4 N–H and O–H groups in total. The van der Waals surface area contributed by atoms with Crippen molar-refractivity contribution in [3.05, 3.63) is 0 Å². The zero-order valence-electron chi connectivity index (χ0n) is 3.70. The van der Waals surface area contributed by atoms with Gasteiger partial charge in [-0.3, -0.25) is 4.70 Å². The fraction of sp³-hybridized carbons (Fsp3) is 0. The van der Waals surface area contributed by atoms with Gasteiger partial charge in [0.05, 0.1) is 0 Å². The van der Waals surface area contributed by atoms with E-state index in [4.69, 9.17) is 19.2 Å². The SMILES string of the molecule is F.O[Si](O)(O)O.[CaH2].[KH].[LiH].[Ti].[Zr]. The van der Waals surface area contributed by atoms with Gasteiger partial charge < -0.3 is 19.2 Å². The van der Waals surface area contributed by atoms with Crippen LogP contribution in [-0.2, 0) is 47.9 Å². The van der Waals surface area contributed by atoms with Crippen molar-refractivity contribution >= 4 is 117 Å². The van der Waals surface area contributed by atoms with E-state index >= 15 is 0 Å². The Hall–Kier alpha value is 5.08. The van der Waals surface area contributed by atoms with Crippen molar-refractivity contribution in [1.82, 2.24) is 0 Å². The van der Waals surface area contributed by atoms with Gasteiger partial charge in [0.2, 0.25) is 0 Å². The standard InChI is InChI=1S/Ca.FH.K.Li.H4O4Si.Ti.Zr.4H/c;;;;1-5(2,3)4;;;;;;/h;1H;;;1-4H;;;;;;. The Morgan fingerprint density at radius 2 is 0.909 bits per heavy atom. The summed E-state index contributed by atoms with van der Waals surface area (Å²) in [7, 11) is -4.61. The average Bonchev–Trinajstić information content (AvgIpc) is 0.722. The Morgan fingerprint density at radius 1 is 0.909 bits per heavy atom. The van der Waals surface area contributed by atoms with Crippen molar-refractivity contribution in [2.45, 2.75) is 0 Å². The van der Waals surface area contributed by atoms with Crippen molar-refractivity contribution in [1.29, 1.82) is 0 Å². The number of halogens is 1. The molecule has 0 heterocycles. The molecule has 0 aliphatic carbocycles. The van der Waals surface area contributed by atoms with E-state index in [0.29, 0.717) is 0 Å². The molecule has 0 unspecified atom stereocenters. The van der Waals surface area contributed by atoms with Crippen LogP contribution in [0.15, 0.2) is 0 Å². The van der Waals surface area contributed by atoms with Crippen LogP contribution in [0.1, 0.15) is 0 Å². The summed E-state index contributed by atoms with van der Waals surface area (Å²) in [6.45, 7) is 0. The van der Waals surface area contributed by atoms with Gasteiger partial charge in [0.15, 0.2) is 0 Å². The van der Waals surface area contributed by atoms with Crippen molar-refractivity contribution in [2.24, 2.45) is 0 Å². The van der Waals surface area contributed by atoms with Crippen LogP contribution in [0.5, 0.6) is 0 Å². The van der Waals surface area contributed by atoms with Crippen LogP contribution in [0.4, 0.5) is 4.70 Å². The molecule has 0 radical (unpaired) electrons. The summed E-state index contributed by atoms with van der Waals surface area (Å²) in [5, 5.41) is 0. The first-order valence-corrected chi connectivity index (χ1v) is 2.68. The van der Waals surface area contributed by atoms with E-state index in [1.165, 1.54) is 0 Å². The Bertz CT molecular complexity index is 45.6. The molecular weight excluding hydrogens is 336 g/mol. The van der Waals surface area contributed by atoms with Crippen molar-refractivity contribution in [2.75, 3.05) is 0 Å². The second-order valence-electron chi connectivity index (χ2n) is 0.600. The third-order valence-corrected chi connectivity index (χ3v) is 0. The third kappa shape index (κ3) is 100. The molecule has 4 nitrogen and oxygen atoms in total. The maximum absolute atomic E-state index is 7.33. The fourth-order valence-electron chi connectivity index (χ4n) is 0. The summed E-state index contributed by atoms with van der Waals surface area (Å²) < 4.78 is 0. The molecule has 0 atom stereocenters. The van der Waals surface area contributed by atoms with Crippen LogP contribution < -0.4 is 0 Å². The maximum Gasteiger partial charge on any atom is 0 e. The van der Waals surface area contributed by atoms with Crippen molar-refractivity contribution in [3.8, 4) is 0 Å². The van der Waals surface area contributed by atoms with Gasteiger partial charge in [0.1, 0.15) is 0 Å². The van der Waals surface area contributed by atoms with E-state index in [1.807, 2.05) is 0 Å². The molecule has 0 aromatic heterocycles. The molecule has 0 aliphatic rings. The van der Waals surface area contributed by atoms with Gasteiger partial charge in [-0.2, -0.15) is 0 Å². The molecular formula is H9CaFKLiO4SiTiZr. The Labute approximate surface area is 184 Å². The Morgan fingerprint density at radius 3 is 0.909 bits per heavy atom. The number of hydrogen-bond acceptors (Lipinski definition) is 4. The molecule has 0 amide bonds. The molecule has 0 spiro atoms. The minimum Gasteiger partial charge on any atom is 0 e. The zero-order valence-corrected chi connectivity index (χ0v) is 8.72. The predicted molar refractivity (Wildman–Crippen MR) is 40.0 cm³/mol. The second kappa shape index (κ2) is 24.4. The monoisotopic (exact) mass is 344 g/mol. The van der Waals surface area contributed by atoms with Crippen LogP contribution in [-0.4, -0.2) is 136 Å². The topological polar surface area (TPSA) is 80.9 Å². The normalized spacial score (nSPS) is 5.45. The van der Waals surface area contributed by atoms with Crippen molar-refractivity contribution in [3.63, 3.8) is 0 Å². The summed E-state index contributed by atoms with van der Waals surface area (Å²) in [6.07, 6.45) is 0. The molecule has 0 aromatic rings. The van der Waals surface area contributed by atoms with Crippen LogP contribution in [0, 0.1) is 0 Å². The molecule has 0 aliphatic heterocycles. The van der Waals surface area contributed by atoms with Crippen LogP contribution in [0.2, 0.25) is 0 Å². The summed E-state index contributed by atoms with van der Waals surface area (Å²) in [6, 6.07) is 0. The van der Waals surface area contributed by atoms with E-state index in [1.54, 1.807) is 0 Å². The number of hydrogen-bond donors (Lipinski definition) is 4. The molecule has 0 rings (SSSR count).